The molecule has 0 aromatic carbocycles. The first-order valence-electron chi connectivity index (χ1n) is 6.04. The molecule has 0 amide bonds. The monoisotopic (exact) mass is 235 g/mol. The summed E-state index contributed by atoms with van der Waals surface area (Å²) in [5.41, 5.74) is 0.693. The van der Waals surface area contributed by atoms with E-state index >= 15 is 0 Å². The van der Waals surface area contributed by atoms with Gasteiger partial charge in [0.15, 0.2) is 5.78 Å². The summed E-state index contributed by atoms with van der Waals surface area (Å²) in [5, 5.41) is 8.94. The Balaban J connectivity index is 2.21. The Kier molecular flexibility index (Phi) is 3.31. The van der Waals surface area contributed by atoms with Gasteiger partial charge in [-0.05, 0) is 25.0 Å². The van der Waals surface area contributed by atoms with Crippen molar-refractivity contribution >= 4 is 11.8 Å². The molecule has 92 valence electrons. The van der Waals surface area contributed by atoms with Crippen molar-refractivity contribution in [1.82, 2.24) is 4.57 Å². The fourth-order valence-corrected chi connectivity index (χ4v) is 2.55. The lowest BCUT2D eigenvalue weighted by Gasteiger charge is -2.20. The average Bonchev–Trinajstić information content (AvgIpc) is 2.71. The molecule has 0 spiro atoms. The first-order valence-corrected chi connectivity index (χ1v) is 6.04. The second-order valence-corrected chi connectivity index (χ2v) is 4.67. The lowest BCUT2D eigenvalue weighted by molar-refractivity contribution is 0.0686. The van der Waals surface area contributed by atoms with E-state index in [1.165, 1.54) is 17.1 Å². The van der Waals surface area contributed by atoms with Gasteiger partial charge in [-0.2, -0.15) is 0 Å². The minimum absolute atomic E-state index is 0.0824. The zero-order valence-electron chi connectivity index (χ0n) is 9.98. The zero-order valence-corrected chi connectivity index (χ0v) is 9.98. The molecule has 1 N–H and O–H groups in total. The molecule has 0 atom stereocenters. The van der Waals surface area contributed by atoms with E-state index in [1.54, 1.807) is 13.1 Å². The van der Waals surface area contributed by atoms with Crippen molar-refractivity contribution in [2.24, 2.45) is 13.0 Å². The topological polar surface area (TPSA) is 59.3 Å². The molecule has 4 heteroatoms. The molecule has 0 bridgehead atoms. The Hall–Kier alpha value is -1.58. The molecule has 0 unspecified atom stereocenters. The van der Waals surface area contributed by atoms with Crippen LogP contribution in [0.4, 0.5) is 0 Å². The Morgan fingerprint density at radius 3 is 2.29 bits per heavy atom. The Morgan fingerprint density at radius 2 is 1.76 bits per heavy atom. The average molecular weight is 235 g/mol. The van der Waals surface area contributed by atoms with E-state index < -0.39 is 5.97 Å². The van der Waals surface area contributed by atoms with E-state index in [4.69, 9.17) is 5.11 Å². The molecule has 1 saturated carbocycles. The fourth-order valence-electron chi connectivity index (χ4n) is 2.55. The van der Waals surface area contributed by atoms with Crippen LogP contribution in [0.5, 0.6) is 0 Å². The summed E-state index contributed by atoms with van der Waals surface area (Å²) in [6.45, 7) is 0. The van der Waals surface area contributed by atoms with Crippen molar-refractivity contribution in [3.05, 3.63) is 23.5 Å². The molecule has 2 rings (SSSR count). The van der Waals surface area contributed by atoms with Crippen LogP contribution in [0.2, 0.25) is 0 Å². The quantitative estimate of drug-likeness (QED) is 0.819. The first kappa shape index (κ1) is 11.9. The number of carboxylic acid groups (broad SMARTS) is 1. The van der Waals surface area contributed by atoms with Gasteiger partial charge in [0.1, 0.15) is 5.69 Å². The maximum absolute atomic E-state index is 12.2. The van der Waals surface area contributed by atoms with E-state index in [0.29, 0.717) is 5.69 Å². The molecular formula is C13H17NO3. The Morgan fingerprint density at radius 1 is 1.18 bits per heavy atom. The maximum Gasteiger partial charge on any atom is 0.352 e. The van der Waals surface area contributed by atoms with Crippen LogP contribution in [0.15, 0.2) is 12.1 Å². The van der Waals surface area contributed by atoms with Gasteiger partial charge in [0.05, 0.1) is 5.69 Å². The van der Waals surface area contributed by atoms with Crippen LogP contribution in [0, 0.1) is 5.92 Å². The lowest BCUT2D eigenvalue weighted by atomic mass is 9.85. The van der Waals surface area contributed by atoms with Crippen molar-refractivity contribution in [2.75, 3.05) is 0 Å². The molecule has 1 aliphatic rings. The highest BCUT2D eigenvalue weighted by atomic mass is 16.4. The van der Waals surface area contributed by atoms with Crippen LogP contribution in [0.1, 0.15) is 53.1 Å². The van der Waals surface area contributed by atoms with Gasteiger partial charge in [0.2, 0.25) is 0 Å². The lowest BCUT2D eigenvalue weighted by Crippen LogP contribution is -2.21. The first-order chi connectivity index (χ1) is 8.11. The van der Waals surface area contributed by atoms with E-state index in [9.17, 15) is 9.59 Å². The number of Topliss-reactive ketones (excluding diaryl/α,β-unsaturated/α-hetero) is 1. The number of hydrogen-bond donors (Lipinski definition) is 1. The van der Waals surface area contributed by atoms with Gasteiger partial charge in [-0.3, -0.25) is 4.79 Å². The molecule has 1 heterocycles. The van der Waals surface area contributed by atoms with Gasteiger partial charge >= 0.3 is 5.97 Å². The highest BCUT2D eigenvalue weighted by molar-refractivity contribution is 5.98. The summed E-state index contributed by atoms with van der Waals surface area (Å²) in [6, 6.07) is 3.12. The Labute approximate surface area is 100 Å². The summed E-state index contributed by atoms with van der Waals surface area (Å²) in [7, 11) is 1.64. The van der Waals surface area contributed by atoms with Gasteiger partial charge in [-0.15, -0.1) is 0 Å². The molecule has 4 nitrogen and oxygen atoms in total. The number of carbonyl (C=O) groups excluding carboxylic acids is 1. The van der Waals surface area contributed by atoms with Crippen LogP contribution < -0.4 is 0 Å². The third kappa shape index (κ3) is 2.25. The summed E-state index contributed by atoms with van der Waals surface area (Å²) in [4.78, 5) is 23.1. The second-order valence-electron chi connectivity index (χ2n) is 4.67. The van der Waals surface area contributed by atoms with Gasteiger partial charge in [-0.25, -0.2) is 4.79 Å². The maximum atomic E-state index is 12.2. The number of nitrogens with zero attached hydrogens (tertiary/aromatic N) is 1. The van der Waals surface area contributed by atoms with Crippen molar-refractivity contribution in [3.63, 3.8) is 0 Å². The third-order valence-corrected chi connectivity index (χ3v) is 3.57. The van der Waals surface area contributed by atoms with Crippen LogP contribution in [-0.2, 0) is 7.05 Å². The normalized spacial score (nSPS) is 17.0. The largest absolute Gasteiger partial charge is 0.477 e. The van der Waals surface area contributed by atoms with Crippen LogP contribution >= 0.6 is 0 Å². The molecule has 1 fully saturated rings. The van der Waals surface area contributed by atoms with Crippen molar-refractivity contribution in [3.8, 4) is 0 Å². The predicted octanol–water partition coefficient (Wildman–Crippen LogP) is 2.49. The molecule has 17 heavy (non-hydrogen) atoms. The molecule has 1 aliphatic carbocycles. The number of carboxylic acids is 1. The SMILES string of the molecule is Cn1c(C(=O)O)ccc1C(=O)C1CCCCC1. The van der Waals surface area contributed by atoms with Crippen LogP contribution in [0.25, 0.3) is 0 Å². The van der Waals surface area contributed by atoms with Gasteiger partial charge in [0.25, 0.3) is 0 Å². The summed E-state index contributed by atoms with van der Waals surface area (Å²) in [6.07, 6.45) is 5.29. The second kappa shape index (κ2) is 4.73. The van der Waals surface area contributed by atoms with Gasteiger partial charge in [0, 0.05) is 13.0 Å². The smallest absolute Gasteiger partial charge is 0.352 e. The molecule has 0 saturated heterocycles. The zero-order chi connectivity index (χ0) is 12.4. The number of rotatable bonds is 3. The number of ketones is 1. The predicted molar refractivity (Wildman–Crippen MR) is 63.3 cm³/mol. The van der Waals surface area contributed by atoms with E-state index in [0.717, 1.165) is 25.7 Å². The molecule has 1 aromatic heterocycles. The van der Waals surface area contributed by atoms with Crippen molar-refractivity contribution < 1.29 is 14.7 Å². The standard InChI is InChI=1S/C13H17NO3/c1-14-10(7-8-11(14)13(16)17)12(15)9-5-3-2-4-6-9/h7-9H,2-6H2,1H3,(H,16,17). The van der Waals surface area contributed by atoms with Gasteiger partial charge in [-0.1, -0.05) is 19.3 Å². The molecule has 0 radical (unpaired) electrons. The molecule has 0 aliphatic heterocycles. The molecular weight excluding hydrogens is 218 g/mol. The number of aromatic carboxylic acids is 1. The Bertz CT molecular complexity index is 442. The molecule has 1 aromatic rings. The third-order valence-electron chi connectivity index (χ3n) is 3.57. The highest BCUT2D eigenvalue weighted by Crippen LogP contribution is 2.27. The highest BCUT2D eigenvalue weighted by Gasteiger charge is 2.25. The van der Waals surface area contributed by atoms with Crippen LogP contribution in [-0.4, -0.2) is 21.4 Å². The van der Waals surface area contributed by atoms with E-state index in [-0.39, 0.29) is 17.4 Å². The summed E-state index contributed by atoms with van der Waals surface area (Å²) in [5.74, 6) is -0.811. The minimum Gasteiger partial charge on any atom is -0.477 e. The van der Waals surface area contributed by atoms with E-state index in [1.807, 2.05) is 0 Å². The summed E-state index contributed by atoms with van der Waals surface area (Å²) < 4.78 is 1.49. The van der Waals surface area contributed by atoms with Crippen molar-refractivity contribution in [1.29, 1.82) is 0 Å². The minimum atomic E-state index is -0.991. The van der Waals surface area contributed by atoms with Gasteiger partial charge < -0.3 is 9.67 Å². The number of carbonyl (C=O) groups is 2. The van der Waals surface area contributed by atoms with Crippen molar-refractivity contribution in [2.45, 2.75) is 32.1 Å². The van der Waals surface area contributed by atoms with E-state index in [2.05, 4.69) is 0 Å². The summed E-state index contributed by atoms with van der Waals surface area (Å²) >= 11 is 0. The van der Waals surface area contributed by atoms with Crippen LogP contribution in [0.3, 0.4) is 0 Å². The number of hydrogen-bond acceptors (Lipinski definition) is 2. The fraction of sp³-hybridized carbons (Fsp3) is 0.538. The number of aromatic nitrogens is 1.